The number of nitrogens with zero attached hydrogens (tertiary/aromatic N) is 3. The van der Waals surface area contributed by atoms with Crippen LogP contribution in [0.15, 0.2) is 36.7 Å². The molecular formula is C13H15N5O2. The fourth-order valence-electron chi connectivity index (χ4n) is 1.65. The quantitative estimate of drug-likeness (QED) is 0.659. The minimum atomic E-state index is 0.151. The van der Waals surface area contributed by atoms with Crippen molar-refractivity contribution in [2.24, 2.45) is 0 Å². The van der Waals surface area contributed by atoms with Gasteiger partial charge in [-0.25, -0.2) is 4.98 Å². The van der Waals surface area contributed by atoms with Crippen LogP contribution in [0.1, 0.15) is 5.56 Å². The predicted octanol–water partition coefficient (Wildman–Crippen LogP) is 1.12. The molecular weight excluding hydrogens is 258 g/mol. The first-order valence-corrected chi connectivity index (χ1v) is 5.91. The molecule has 0 saturated heterocycles. The number of nitrogens with one attached hydrogen (secondary N) is 1. The van der Waals surface area contributed by atoms with Crippen LogP contribution >= 0.6 is 0 Å². The number of aromatic amines is 1. The van der Waals surface area contributed by atoms with Crippen molar-refractivity contribution < 1.29 is 9.84 Å². The summed E-state index contributed by atoms with van der Waals surface area (Å²) in [4.78, 5) is 15.0. The Morgan fingerprint density at radius 2 is 1.95 bits per heavy atom. The highest BCUT2D eigenvalue weighted by molar-refractivity contribution is 5.76. The van der Waals surface area contributed by atoms with Gasteiger partial charge in [-0.3, -0.25) is 0 Å². The first-order chi connectivity index (χ1) is 9.83. The zero-order chi connectivity index (χ0) is 14.4. The molecule has 1 aromatic carbocycles. The summed E-state index contributed by atoms with van der Waals surface area (Å²) in [6.45, 7) is 0.422. The van der Waals surface area contributed by atoms with Crippen molar-refractivity contribution in [3.63, 3.8) is 0 Å². The van der Waals surface area contributed by atoms with Crippen molar-refractivity contribution in [2.75, 3.05) is 12.8 Å². The molecule has 0 amide bonds. The van der Waals surface area contributed by atoms with Crippen molar-refractivity contribution in [3.8, 4) is 5.88 Å². The van der Waals surface area contributed by atoms with Crippen LogP contribution in [0.4, 0.5) is 5.95 Å². The molecule has 2 aromatic heterocycles. The Balaban J connectivity index is 0.000000704. The van der Waals surface area contributed by atoms with Gasteiger partial charge in [0, 0.05) is 7.11 Å². The molecule has 4 N–H and O–H groups in total. The van der Waals surface area contributed by atoms with E-state index >= 15 is 0 Å². The number of fused-ring (bicyclic) bond motifs is 1. The van der Waals surface area contributed by atoms with Gasteiger partial charge in [0.2, 0.25) is 11.8 Å². The maximum atomic E-state index is 7.00. The number of anilines is 1. The number of hydrogen-bond acceptors (Lipinski definition) is 6. The number of ether oxygens (including phenoxy) is 1. The van der Waals surface area contributed by atoms with Crippen molar-refractivity contribution in [3.05, 3.63) is 42.2 Å². The Morgan fingerprint density at radius 3 is 2.70 bits per heavy atom. The van der Waals surface area contributed by atoms with E-state index in [0.717, 1.165) is 12.7 Å². The van der Waals surface area contributed by atoms with E-state index in [1.807, 2.05) is 30.3 Å². The molecule has 0 aliphatic rings. The lowest BCUT2D eigenvalue weighted by Crippen LogP contribution is -2.02. The van der Waals surface area contributed by atoms with Crippen molar-refractivity contribution >= 4 is 17.1 Å². The summed E-state index contributed by atoms with van der Waals surface area (Å²) in [5.74, 6) is 0.566. The van der Waals surface area contributed by atoms with Crippen LogP contribution in [-0.2, 0) is 6.61 Å². The fourth-order valence-corrected chi connectivity index (χ4v) is 1.65. The number of nitrogen functional groups attached to an aromatic ring is 1. The molecule has 3 rings (SSSR count). The van der Waals surface area contributed by atoms with Gasteiger partial charge in [0.15, 0.2) is 5.65 Å². The van der Waals surface area contributed by atoms with E-state index in [2.05, 4.69) is 19.9 Å². The van der Waals surface area contributed by atoms with Gasteiger partial charge in [0.1, 0.15) is 12.1 Å². The molecule has 7 nitrogen and oxygen atoms in total. The Morgan fingerprint density at radius 1 is 1.20 bits per heavy atom. The third-order valence-corrected chi connectivity index (χ3v) is 2.49. The lowest BCUT2D eigenvalue weighted by atomic mass is 10.2. The molecule has 3 aromatic rings. The average Bonchev–Trinajstić information content (AvgIpc) is 2.96. The van der Waals surface area contributed by atoms with E-state index in [0.29, 0.717) is 23.7 Å². The van der Waals surface area contributed by atoms with Gasteiger partial charge in [0.05, 0.1) is 6.33 Å². The molecule has 104 valence electrons. The number of imidazole rings is 1. The molecule has 0 aliphatic carbocycles. The minimum Gasteiger partial charge on any atom is -0.471 e. The molecule has 2 heterocycles. The van der Waals surface area contributed by atoms with Crippen molar-refractivity contribution in [1.29, 1.82) is 0 Å². The summed E-state index contributed by atoms with van der Waals surface area (Å²) in [6.07, 6.45) is 1.54. The Labute approximate surface area is 115 Å². The Kier molecular flexibility index (Phi) is 4.46. The smallest absolute Gasteiger partial charge is 0.245 e. The zero-order valence-electron chi connectivity index (χ0n) is 10.9. The normalized spacial score (nSPS) is 9.90. The minimum absolute atomic E-state index is 0.151. The molecule has 0 saturated carbocycles. The van der Waals surface area contributed by atoms with Gasteiger partial charge in [-0.2, -0.15) is 9.97 Å². The van der Waals surface area contributed by atoms with Gasteiger partial charge < -0.3 is 20.6 Å². The second-order valence-corrected chi connectivity index (χ2v) is 3.76. The Hall–Kier alpha value is -2.67. The van der Waals surface area contributed by atoms with Crippen LogP contribution in [0.2, 0.25) is 0 Å². The standard InChI is InChI=1S/C12H11N5O.CH4O/c13-12-16-10-9(14-7-15-10)11(17-12)18-6-8-4-2-1-3-5-8;1-2/h1-5,7H,6H2,(H3,13,14,15,16,17);2H,1H3. The van der Waals surface area contributed by atoms with Crippen molar-refractivity contribution in [2.45, 2.75) is 6.61 Å². The van der Waals surface area contributed by atoms with E-state index in [-0.39, 0.29) is 5.95 Å². The topological polar surface area (TPSA) is 110 Å². The van der Waals surface area contributed by atoms with E-state index < -0.39 is 0 Å². The number of aliphatic hydroxyl groups is 1. The van der Waals surface area contributed by atoms with Crippen LogP contribution in [-0.4, -0.2) is 32.2 Å². The molecule has 7 heteroatoms. The third-order valence-electron chi connectivity index (χ3n) is 2.49. The molecule has 20 heavy (non-hydrogen) atoms. The molecule has 0 radical (unpaired) electrons. The zero-order valence-corrected chi connectivity index (χ0v) is 10.9. The SMILES string of the molecule is CO.Nc1nc(OCc2ccccc2)c2[nH]cnc2n1. The fraction of sp³-hybridized carbons (Fsp3) is 0.154. The maximum absolute atomic E-state index is 7.00. The lowest BCUT2D eigenvalue weighted by molar-refractivity contribution is 0.297. The second-order valence-electron chi connectivity index (χ2n) is 3.76. The molecule has 0 aliphatic heterocycles. The summed E-state index contributed by atoms with van der Waals surface area (Å²) in [5.41, 5.74) is 7.81. The summed E-state index contributed by atoms with van der Waals surface area (Å²) in [7, 11) is 1.00. The lowest BCUT2D eigenvalue weighted by Gasteiger charge is -2.06. The van der Waals surface area contributed by atoms with Crippen LogP contribution < -0.4 is 10.5 Å². The Bertz CT molecular complexity index is 669. The first kappa shape index (κ1) is 13.8. The highest BCUT2D eigenvalue weighted by atomic mass is 16.5. The van der Waals surface area contributed by atoms with Gasteiger partial charge in [0.25, 0.3) is 0 Å². The monoisotopic (exact) mass is 273 g/mol. The molecule has 0 fully saturated rings. The largest absolute Gasteiger partial charge is 0.471 e. The number of aliphatic hydroxyl groups excluding tert-OH is 1. The van der Waals surface area contributed by atoms with Crippen molar-refractivity contribution in [1.82, 2.24) is 19.9 Å². The van der Waals surface area contributed by atoms with Crippen LogP contribution in [0, 0.1) is 0 Å². The van der Waals surface area contributed by atoms with E-state index in [1.165, 1.54) is 6.33 Å². The van der Waals surface area contributed by atoms with Crippen LogP contribution in [0.25, 0.3) is 11.2 Å². The number of benzene rings is 1. The average molecular weight is 273 g/mol. The predicted molar refractivity (Wildman–Crippen MR) is 75.0 cm³/mol. The number of rotatable bonds is 3. The van der Waals surface area contributed by atoms with Crippen LogP contribution in [0.5, 0.6) is 5.88 Å². The number of nitrogens with two attached hydrogens (primary N) is 1. The molecule has 0 unspecified atom stereocenters. The molecule has 0 atom stereocenters. The van der Waals surface area contributed by atoms with Gasteiger partial charge in [-0.1, -0.05) is 30.3 Å². The highest BCUT2D eigenvalue weighted by Crippen LogP contribution is 2.20. The van der Waals surface area contributed by atoms with E-state index in [9.17, 15) is 0 Å². The molecule has 0 bridgehead atoms. The first-order valence-electron chi connectivity index (χ1n) is 5.91. The summed E-state index contributed by atoms with van der Waals surface area (Å²) in [6, 6.07) is 9.83. The number of aromatic nitrogens is 4. The molecule has 0 spiro atoms. The van der Waals surface area contributed by atoms with E-state index in [4.69, 9.17) is 15.6 Å². The summed E-state index contributed by atoms with van der Waals surface area (Å²) < 4.78 is 5.64. The third kappa shape index (κ3) is 3.01. The summed E-state index contributed by atoms with van der Waals surface area (Å²) >= 11 is 0. The van der Waals surface area contributed by atoms with Gasteiger partial charge >= 0.3 is 0 Å². The highest BCUT2D eigenvalue weighted by Gasteiger charge is 2.09. The summed E-state index contributed by atoms with van der Waals surface area (Å²) in [5, 5.41) is 7.00. The van der Waals surface area contributed by atoms with Gasteiger partial charge in [-0.15, -0.1) is 0 Å². The second kappa shape index (κ2) is 6.48. The number of H-pyrrole nitrogens is 1. The van der Waals surface area contributed by atoms with E-state index in [1.54, 1.807) is 0 Å². The number of hydrogen-bond donors (Lipinski definition) is 3. The maximum Gasteiger partial charge on any atom is 0.245 e. The van der Waals surface area contributed by atoms with Crippen LogP contribution in [0.3, 0.4) is 0 Å². The van der Waals surface area contributed by atoms with Gasteiger partial charge in [-0.05, 0) is 5.56 Å².